The molecule has 3 amide bonds. The van der Waals surface area contributed by atoms with Gasteiger partial charge in [0.05, 0.1) is 52.2 Å². The molecule has 0 spiro atoms. The summed E-state index contributed by atoms with van der Waals surface area (Å²) >= 11 is 0. The maximum Gasteiger partial charge on any atom is 0.507 e. The summed E-state index contributed by atoms with van der Waals surface area (Å²) in [4.78, 5) is 66.2. The van der Waals surface area contributed by atoms with E-state index in [4.69, 9.17) is 28.4 Å². The summed E-state index contributed by atoms with van der Waals surface area (Å²) < 4.78 is 36.5. The first kappa shape index (κ1) is 37.9. The molecule has 1 aliphatic rings. The molecule has 0 aromatic carbocycles. The Bertz CT molecular complexity index is 1050. The minimum absolute atomic E-state index is 0.0418. The summed E-state index contributed by atoms with van der Waals surface area (Å²) in [5, 5.41) is 16.8. The largest absolute Gasteiger partial charge is 0.507 e. The standard InChI is InChI=1S/C27H44N4O13/c1-15(33)28-19-16(29-22(30-23(35)43-26(2,3)4)31-24(36)44-27(5,6)7)14-18(21(34)38-8)42-20(19)17(40-13-11-32)10-12-41-25(37)39-9/h14,16-17,19-20,32H,10-13H2,1-9H3,(H,28,33)(H2,29,30,31,35,36)/t16-,17+,19+,20-/m0/s1. The Morgan fingerprint density at radius 2 is 1.52 bits per heavy atom. The molecule has 1 aliphatic heterocycles. The second kappa shape index (κ2) is 17.2. The number of ether oxygens (including phenoxy) is 7. The van der Waals surface area contributed by atoms with Gasteiger partial charge in [-0.15, -0.1) is 0 Å². The Hall–Kier alpha value is -4.12. The molecular formula is C27H44N4O13. The van der Waals surface area contributed by atoms with Crippen LogP contribution in [0.5, 0.6) is 0 Å². The molecule has 250 valence electrons. The average molecular weight is 633 g/mol. The van der Waals surface area contributed by atoms with E-state index in [0.717, 1.165) is 14.2 Å². The van der Waals surface area contributed by atoms with E-state index in [9.17, 15) is 29.1 Å². The maximum absolute atomic E-state index is 12.7. The van der Waals surface area contributed by atoms with Crippen LogP contribution in [0, 0.1) is 0 Å². The lowest BCUT2D eigenvalue weighted by Gasteiger charge is -2.39. The van der Waals surface area contributed by atoms with Crippen molar-refractivity contribution in [1.29, 1.82) is 0 Å². The number of methoxy groups -OCH3 is 2. The number of carbonyl (C=O) groups excluding carboxylic acids is 5. The fourth-order valence-electron chi connectivity index (χ4n) is 3.67. The summed E-state index contributed by atoms with van der Waals surface area (Å²) in [6.45, 7) is 10.2. The van der Waals surface area contributed by atoms with Crippen molar-refractivity contribution in [3.05, 3.63) is 11.8 Å². The van der Waals surface area contributed by atoms with Gasteiger partial charge in [-0.25, -0.2) is 24.2 Å². The number of aliphatic hydroxyl groups is 1. The van der Waals surface area contributed by atoms with Crippen LogP contribution in [0.4, 0.5) is 14.4 Å². The number of aliphatic imine (C=N–C) groups is 1. The van der Waals surface area contributed by atoms with Crippen LogP contribution in [0.3, 0.4) is 0 Å². The topological polar surface area (TPSA) is 219 Å². The third-order valence-corrected chi connectivity index (χ3v) is 5.16. The number of hydrogen-bond donors (Lipinski definition) is 4. The Balaban J connectivity index is 3.68. The minimum Gasteiger partial charge on any atom is -0.478 e. The molecule has 1 heterocycles. The number of amides is 3. The van der Waals surface area contributed by atoms with Crippen LogP contribution in [0.2, 0.25) is 0 Å². The highest BCUT2D eigenvalue weighted by Gasteiger charge is 2.43. The Labute approximate surface area is 255 Å². The number of carbonyl (C=O) groups is 5. The van der Waals surface area contributed by atoms with Gasteiger partial charge in [0.1, 0.15) is 17.3 Å². The van der Waals surface area contributed by atoms with E-state index >= 15 is 0 Å². The molecule has 0 saturated heterocycles. The van der Waals surface area contributed by atoms with Crippen molar-refractivity contribution in [2.45, 2.75) is 90.4 Å². The summed E-state index contributed by atoms with van der Waals surface area (Å²) in [6.07, 6.45) is -3.97. The van der Waals surface area contributed by atoms with Crippen LogP contribution in [-0.2, 0) is 42.7 Å². The molecule has 0 fully saturated rings. The molecule has 0 bridgehead atoms. The van der Waals surface area contributed by atoms with Crippen LogP contribution >= 0.6 is 0 Å². The molecule has 0 radical (unpaired) electrons. The highest BCUT2D eigenvalue weighted by atomic mass is 16.7. The number of alkyl carbamates (subject to hydrolysis) is 2. The maximum atomic E-state index is 12.7. The number of aliphatic hydroxyl groups excluding tert-OH is 1. The van der Waals surface area contributed by atoms with E-state index < -0.39 is 78.3 Å². The lowest BCUT2D eigenvalue weighted by Crippen LogP contribution is -2.58. The Kier molecular flexibility index (Phi) is 14.9. The van der Waals surface area contributed by atoms with E-state index in [-0.39, 0.29) is 25.4 Å². The lowest BCUT2D eigenvalue weighted by molar-refractivity contribution is -0.147. The van der Waals surface area contributed by atoms with E-state index in [1.165, 1.54) is 13.0 Å². The number of nitrogens with zero attached hydrogens (tertiary/aromatic N) is 1. The smallest absolute Gasteiger partial charge is 0.478 e. The van der Waals surface area contributed by atoms with Gasteiger partial charge in [-0.2, -0.15) is 0 Å². The first-order valence-corrected chi connectivity index (χ1v) is 13.6. The molecule has 0 aromatic heterocycles. The third-order valence-electron chi connectivity index (χ3n) is 5.16. The summed E-state index contributed by atoms with van der Waals surface area (Å²) in [7, 11) is 2.24. The van der Waals surface area contributed by atoms with Crippen molar-refractivity contribution in [1.82, 2.24) is 16.0 Å². The predicted molar refractivity (Wildman–Crippen MR) is 152 cm³/mol. The highest BCUT2D eigenvalue weighted by Crippen LogP contribution is 2.27. The van der Waals surface area contributed by atoms with Crippen molar-refractivity contribution in [3.8, 4) is 0 Å². The fourth-order valence-corrected chi connectivity index (χ4v) is 3.67. The van der Waals surface area contributed by atoms with E-state index in [1.807, 2.05) is 0 Å². The zero-order chi connectivity index (χ0) is 33.7. The highest BCUT2D eigenvalue weighted by molar-refractivity contribution is 6.01. The molecule has 4 atom stereocenters. The zero-order valence-electron chi connectivity index (χ0n) is 26.5. The van der Waals surface area contributed by atoms with E-state index in [1.54, 1.807) is 41.5 Å². The van der Waals surface area contributed by atoms with Crippen molar-refractivity contribution in [2.75, 3.05) is 34.0 Å². The number of hydrogen-bond acceptors (Lipinski definition) is 14. The van der Waals surface area contributed by atoms with Gasteiger partial charge in [-0.3, -0.25) is 15.4 Å². The van der Waals surface area contributed by atoms with E-state index in [2.05, 4.69) is 25.7 Å². The van der Waals surface area contributed by atoms with Crippen molar-refractivity contribution < 1.29 is 62.2 Å². The Morgan fingerprint density at radius 3 is 1.98 bits per heavy atom. The monoisotopic (exact) mass is 632 g/mol. The molecule has 0 aromatic rings. The fraction of sp³-hybridized carbons (Fsp3) is 0.704. The predicted octanol–water partition coefficient (Wildman–Crippen LogP) is 1.27. The molecule has 44 heavy (non-hydrogen) atoms. The number of rotatable bonds is 10. The first-order chi connectivity index (χ1) is 20.4. The third kappa shape index (κ3) is 14.4. The van der Waals surface area contributed by atoms with Crippen molar-refractivity contribution in [2.24, 2.45) is 4.99 Å². The quantitative estimate of drug-likeness (QED) is 0.116. The number of esters is 1. The van der Waals surface area contributed by atoms with Gasteiger partial charge >= 0.3 is 24.3 Å². The first-order valence-electron chi connectivity index (χ1n) is 13.6. The number of guanidine groups is 1. The molecule has 0 aliphatic carbocycles. The van der Waals surface area contributed by atoms with Gasteiger partial charge in [0.25, 0.3) is 0 Å². The summed E-state index contributed by atoms with van der Waals surface area (Å²) in [6, 6.07) is -2.33. The molecule has 0 unspecified atom stereocenters. The molecule has 1 rings (SSSR count). The summed E-state index contributed by atoms with van der Waals surface area (Å²) in [5.74, 6) is -2.23. The van der Waals surface area contributed by atoms with Gasteiger partial charge < -0.3 is 43.6 Å². The van der Waals surface area contributed by atoms with Crippen LogP contribution in [0.25, 0.3) is 0 Å². The van der Waals surface area contributed by atoms with Gasteiger partial charge in [-0.05, 0) is 47.6 Å². The van der Waals surface area contributed by atoms with Crippen molar-refractivity contribution >= 4 is 36.2 Å². The second-order valence-corrected chi connectivity index (χ2v) is 11.3. The van der Waals surface area contributed by atoms with Gasteiger partial charge in [-0.1, -0.05) is 0 Å². The van der Waals surface area contributed by atoms with Crippen molar-refractivity contribution in [3.63, 3.8) is 0 Å². The molecule has 0 saturated carbocycles. The van der Waals surface area contributed by atoms with Crippen LogP contribution in [-0.4, -0.2) is 111 Å². The summed E-state index contributed by atoms with van der Waals surface area (Å²) in [5.41, 5.74) is -1.82. The second-order valence-electron chi connectivity index (χ2n) is 11.3. The van der Waals surface area contributed by atoms with Gasteiger partial charge in [0, 0.05) is 13.3 Å². The molecule has 17 nitrogen and oxygen atoms in total. The molecule has 17 heteroatoms. The van der Waals surface area contributed by atoms with Gasteiger partial charge in [0.15, 0.2) is 0 Å². The number of nitrogens with one attached hydrogen (secondary N) is 3. The Morgan fingerprint density at radius 1 is 0.955 bits per heavy atom. The van der Waals surface area contributed by atoms with Crippen LogP contribution in [0.15, 0.2) is 16.8 Å². The molecular weight excluding hydrogens is 588 g/mol. The zero-order valence-corrected chi connectivity index (χ0v) is 26.5. The van der Waals surface area contributed by atoms with Crippen LogP contribution in [0.1, 0.15) is 54.9 Å². The van der Waals surface area contributed by atoms with E-state index in [0.29, 0.717) is 0 Å². The normalized spacial score (nSPS) is 18.7. The SMILES string of the molecule is COC(=O)OCC[C@@H](OCCO)[C@@H]1OC(C(=O)OC)=C[C@H](N=C(NC(=O)OC(C)(C)C)NC(=O)OC(C)(C)C)[C@H]1NC(C)=O. The average Bonchev–Trinajstić information content (AvgIpc) is 2.88. The minimum atomic E-state index is -1.21. The lowest BCUT2D eigenvalue weighted by atomic mass is 9.93. The van der Waals surface area contributed by atoms with Crippen LogP contribution < -0.4 is 16.0 Å². The van der Waals surface area contributed by atoms with Gasteiger partial charge in [0.2, 0.25) is 17.6 Å². The molecule has 4 N–H and O–H groups in total.